The minimum atomic E-state index is -0.896. The minimum Gasteiger partial charge on any atom is -0.497 e. The zero-order chi connectivity index (χ0) is 14.5. The summed E-state index contributed by atoms with van der Waals surface area (Å²) in [6.45, 7) is 0. The number of carboxylic acid groups (broad SMARTS) is 1. The summed E-state index contributed by atoms with van der Waals surface area (Å²) in [5.74, 6) is 0.561. The summed E-state index contributed by atoms with van der Waals surface area (Å²) in [5.41, 5.74) is 0.359. The van der Waals surface area contributed by atoms with Crippen molar-refractivity contribution in [2.75, 3.05) is 14.2 Å². The van der Waals surface area contributed by atoms with Crippen molar-refractivity contribution in [3.8, 4) is 11.5 Å². The van der Waals surface area contributed by atoms with E-state index in [9.17, 15) is 9.90 Å². The molecule has 0 radical (unpaired) electrons. The molecule has 0 aliphatic heterocycles. The van der Waals surface area contributed by atoms with Gasteiger partial charge in [-0.05, 0) is 24.3 Å². The molecule has 0 aromatic heterocycles. The highest BCUT2D eigenvalue weighted by molar-refractivity contribution is 5.87. The molecule has 104 valence electrons. The van der Waals surface area contributed by atoms with Crippen molar-refractivity contribution in [1.29, 1.82) is 0 Å². The second-order valence-corrected chi connectivity index (χ2v) is 6.74. The number of halogens is 1. The first kappa shape index (κ1) is 14.6. The maximum absolute atomic E-state index is 11.2. The van der Waals surface area contributed by atoms with Crippen LogP contribution < -0.4 is 30.7 Å². The third-order valence-corrected chi connectivity index (χ3v) is 5.66. The molecular weight excluding hydrogens is 371 g/mol. The Bertz CT molecular complexity index is 625. The van der Waals surface area contributed by atoms with E-state index >= 15 is 0 Å². The Hall–Kier alpha value is -1.76. The van der Waals surface area contributed by atoms with E-state index in [-0.39, 0.29) is 0 Å². The fourth-order valence-corrected chi connectivity index (χ4v) is 4.39. The lowest BCUT2D eigenvalue weighted by Gasteiger charge is -2.03. The quantitative estimate of drug-likeness (QED) is 0.708. The van der Waals surface area contributed by atoms with Gasteiger partial charge in [-0.25, -0.2) is 4.79 Å². The van der Waals surface area contributed by atoms with Crippen molar-refractivity contribution in [1.82, 2.24) is 0 Å². The molecule has 20 heavy (non-hydrogen) atoms. The molecule has 2 aromatic carbocycles. The highest BCUT2D eigenvalue weighted by Gasteiger charge is 2.26. The highest BCUT2D eigenvalue weighted by atomic mass is 127. The normalized spacial score (nSPS) is 10.1. The van der Waals surface area contributed by atoms with Gasteiger partial charge in [0.15, 0.2) is 5.75 Å². The number of hydrogen-bond donors (Lipinski definition) is 1. The third kappa shape index (κ3) is 3.22. The van der Waals surface area contributed by atoms with E-state index in [0.717, 1.165) is 18.6 Å². The lowest BCUT2D eigenvalue weighted by Crippen LogP contribution is -3.61. The molecule has 0 fully saturated rings. The average molecular weight is 385 g/mol. The van der Waals surface area contributed by atoms with Crippen molar-refractivity contribution in [3.63, 3.8) is 0 Å². The average Bonchev–Trinajstić information content (AvgIpc) is 2.48. The Kier molecular flexibility index (Phi) is 4.84. The third-order valence-electron chi connectivity index (χ3n) is 2.67. The molecule has 0 atom stereocenters. The molecule has 0 aliphatic carbocycles. The van der Waals surface area contributed by atoms with E-state index in [1.54, 1.807) is 26.4 Å². The zero-order valence-electron chi connectivity index (χ0n) is 11.1. The molecule has 0 spiro atoms. The molecule has 2 aromatic rings. The molecule has 1 N–H and O–H groups in total. The van der Waals surface area contributed by atoms with Crippen LogP contribution in [0.4, 0.5) is 0 Å². The minimum absolute atomic E-state index is 0.359. The molecule has 2 rings (SSSR count). The number of benzene rings is 2. The fourth-order valence-electron chi connectivity index (χ4n) is 1.67. The maximum atomic E-state index is 11.2. The van der Waals surface area contributed by atoms with Crippen LogP contribution in [0.5, 0.6) is 11.5 Å². The molecule has 0 heterocycles. The molecular formula is C15H14IO4+. The van der Waals surface area contributed by atoms with Crippen LogP contribution in [0.15, 0.2) is 42.5 Å². The van der Waals surface area contributed by atoms with Crippen molar-refractivity contribution in [2.45, 2.75) is 0 Å². The predicted octanol–water partition coefficient (Wildman–Crippen LogP) is -0.470. The first-order valence-corrected chi connectivity index (χ1v) is 8.00. The number of hydrogen-bond acceptors (Lipinski definition) is 3. The Morgan fingerprint density at radius 2 is 1.80 bits per heavy atom. The van der Waals surface area contributed by atoms with Crippen molar-refractivity contribution < 1.29 is 40.6 Å². The van der Waals surface area contributed by atoms with Gasteiger partial charge in [0.25, 0.3) is 0 Å². The highest BCUT2D eigenvalue weighted by Crippen LogP contribution is 2.18. The van der Waals surface area contributed by atoms with Gasteiger partial charge >= 0.3 is 27.2 Å². The smallest absolute Gasteiger partial charge is 0.362 e. The van der Waals surface area contributed by atoms with Gasteiger partial charge in [-0.3, -0.25) is 0 Å². The summed E-state index contributed by atoms with van der Waals surface area (Å²) < 4.78 is 12.4. The largest absolute Gasteiger partial charge is 0.497 e. The SMILES string of the molecule is COc1ccc([I+]c2ccccc2C(=O)O)c(OC)c1. The summed E-state index contributed by atoms with van der Waals surface area (Å²) >= 11 is -0.634. The van der Waals surface area contributed by atoms with Crippen LogP contribution in [-0.2, 0) is 0 Å². The lowest BCUT2D eigenvalue weighted by atomic mass is 10.2. The molecule has 0 unspecified atom stereocenters. The van der Waals surface area contributed by atoms with Gasteiger partial charge < -0.3 is 14.6 Å². The molecule has 0 aliphatic rings. The lowest BCUT2D eigenvalue weighted by molar-refractivity contribution is -0.598. The summed E-state index contributed by atoms with van der Waals surface area (Å²) in [4.78, 5) is 11.2. The van der Waals surface area contributed by atoms with Crippen LogP contribution in [0.3, 0.4) is 0 Å². The predicted molar refractivity (Wildman–Crippen MR) is 70.3 cm³/mol. The monoisotopic (exact) mass is 385 g/mol. The van der Waals surface area contributed by atoms with Crippen LogP contribution in [0.1, 0.15) is 10.4 Å². The van der Waals surface area contributed by atoms with Gasteiger partial charge in [-0.15, -0.1) is 0 Å². The second kappa shape index (κ2) is 6.60. The molecule has 0 saturated carbocycles. The van der Waals surface area contributed by atoms with Gasteiger partial charge in [0, 0.05) is 6.07 Å². The maximum Gasteiger partial charge on any atom is 0.362 e. The first-order chi connectivity index (χ1) is 9.65. The summed E-state index contributed by atoms with van der Waals surface area (Å²) in [5, 5.41) is 9.22. The van der Waals surface area contributed by atoms with Gasteiger partial charge in [0.2, 0.25) is 7.14 Å². The summed E-state index contributed by atoms with van der Waals surface area (Å²) in [6, 6.07) is 12.7. The molecule has 5 heteroatoms. The number of ether oxygens (including phenoxy) is 2. The standard InChI is InChI=1S/C15H13IO4/c1-19-10-7-8-13(14(9-10)20-2)16-12-6-4-3-5-11(12)15(17)18/h3-9H,1-2H3/p+1. The van der Waals surface area contributed by atoms with Crippen molar-refractivity contribution >= 4 is 5.97 Å². The van der Waals surface area contributed by atoms with Gasteiger partial charge in [0.1, 0.15) is 11.3 Å². The number of rotatable bonds is 5. The molecule has 0 saturated heterocycles. The number of carboxylic acids is 1. The van der Waals surface area contributed by atoms with Crippen LogP contribution in [0.25, 0.3) is 0 Å². The van der Waals surface area contributed by atoms with E-state index in [1.165, 1.54) is 0 Å². The van der Waals surface area contributed by atoms with E-state index in [4.69, 9.17) is 9.47 Å². The van der Waals surface area contributed by atoms with E-state index in [2.05, 4.69) is 0 Å². The first-order valence-electron chi connectivity index (χ1n) is 5.85. The summed E-state index contributed by atoms with van der Waals surface area (Å²) in [7, 11) is 3.20. The zero-order valence-corrected chi connectivity index (χ0v) is 13.2. The Balaban J connectivity index is 2.37. The van der Waals surface area contributed by atoms with Crippen molar-refractivity contribution in [2.24, 2.45) is 0 Å². The van der Waals surface area contributed by atoms with Crippen LogP contribution >= 0.6 is 0 Å². The number of carbonyl (C=O) groups is 1. The van der Waals surface area contributed by atoms with E-state index in [0.29, 0.717) is 5.56 Å². The number of aromatic carboxylic acids is 1. The topological polar surface area (TPSA) is 55.8 Å². The molecule has 4 nitrogen and oxygen atoms in total. The number of methoxy groups -OCH3 is 2. The molecule has 0 amide bonds. The van der Waals surface area contributed by atoms with Crippen molar-refractivity contribution in [3.05, 3.63) is 55.2 Å². The van der Waals surface area contributed by atoms with Gasteiger partial charge in [-0.2, -0.15) is 0 Å². The molecule has 0 bridgehead atoms. The fraction of sp³-hybridized carbons (Fsp3) is 0.133. The van der Waals surface area contributed by atoms with Gasteiger partial charge in [-0.1, -0.05) is 12.1 Å². The second-order valence-electron chi connectivity index (χ2n) is 3.88. The van der Waals surface area contributed by atoms with Crippen LogP contribution in [0.2, 0.25) is 0 Å². The summed E-state index contributed by atoms with van der Waals surface area (Å²) in [6.07, 6.45) is 0. The van der Waals surface area contributed by atoms with E-state index < -0.39 is 27.2 Å². The Morgan fingerprint density at radius 3 is 2.45 bits per heavy atom. The Labute approximate surface area is 127 Å². The Morgan fingerprint density at radius 1 is 1.05 bits per heavy atom. The van der Waals surface area contributed by atoms with Crippen LogP contribution in [-0.4, -0.2) is 25.3 Å². The van der Waals surface area contributed by atoms with E-state index in [1.807, 2.05) is 30.3 Å². The van der Waals surface area contributed by atoms with Crippen LogP contribution in [0, 0.1) is 7.14 Å². The van der Waals surface area contributed by atoms with Gasteiger partial charge in [0.05, 0.1) is 14.2 Å².